The van der Waals surface area contributed by atoms with Crippen molar-refractivity contribution in [2.75, 3.05) is 46.6 Å². The Bertz CT molecular complexity index is 520. The number of ether oxygens (including phenoxy) is 1. The molecule has 0 aliphatic heterocycles. The second-order valence-corrected chi connectivity index (χ2v) is 5.65. The fourth-order valence-electron chi connectivity index (χ4n) is 1.66. The summed E-state index contributed by atoms with van der Waals surface area (Å²) in [7, 11) is 4.84. The van der Waals surface area contributed by atoms with Crippen molar-refractivity contribution in [3.8, 4) is 0 Å². The van der Waals surface area contributed by atoms with E-state index in [4.69, 9.17) is 10.5 Å². The summed E-state index contributed by atoms with van der Waals surface area (Å²) in [5.74, 6) is -0.442. The number of methoxy groups -OCH3 is 1. The first-order valence-electron chi connectivity index (χ1n) is 6.40. The maximum absolute atomic E-state index is 12.5. The molecule has 0 unspecified atom stereocenters. The SMILES string of the molecule is COCCN(CC(=O)N(C)C)C(=O)c1ccc(Br)cc1N. The molecule has 0 saturated heterocycles. The van der Waals surface area contributed by atoms with Crippen molar-refractivity contribution < 1.29 is 14.3 Å². The van der Waals surface area contributed by atoms with Gasteiger partial charge in [0.05, 0.1) is 12.2 Å². The lowest BCUT2D eigenvalue weighted by Crippen LogP contribution is -2.42. The Morgan fingerprint density at radius 3 is 2.52 bits per heavy atom. The lowest BCUT2D eigenvalue weighted by atomic mass is 10.1. The van der Waals surface area contributed by atoms with Crippen LogP contribution in [0.5, 0.6) is 0 Å². The molecule has 0 heterocycles. The quantitative estimate of drug-likeness (QED) is 0.776. The minimum absolute atomic E-state index is 0.00923. The van der Waals surface area contributed by atoms with Crippen LogP contribution in [0.4, 0.5) is 5.69 Å². The van der Waals surface area contributed by atoms with Gasteiger partial charge in [0.15, 0.2) is 0 Å². The average molecular weight is 358 g/mol. The second kappa shape index (κ2) is 7.99. The first kappa shape index (κ1) is 17.5. The number of carbonyl (C=O) groups excluding carboxylic acids is 2. The van der Waals surface area contributed by atoms with Gasteiger partial charge in [-0.1, -0.05) is 15.9 Å². The van der Waals surface area contributed by atoms with Crippen molar-refractivity contribution in [2.24, 2.45) is 0 Å². The Morgan fingerprint density at radius 1 is 1.33 bits per heavy atom. The second-order valence-electron chi connectivity index (χ2n) is 4.74. The molecule has 6 nitrogen and oxygen atoms in total. The van der Waals surface area contributed by atoms with Gasteiger partial charge >= 0.3 is 0 Å². The fourth-order valence-corrected chi connectivity index (χ4v) is 2.04. The number of nitrogens with two attached hydrogens (primary N) is 1. The highest BCUT2D eigenvalue weighted by Crippen LogP contribution is 2.20. The summed E-state index contributed by atoms with van der Waals surface area (Å²) >= 11 is 3.30. The van der Waals surface area contributed by atoms with E-state index in [1.54, 1.807) is 39.4 Å². The first-order chi connectivity index (χ1) is 9.86. The van der Waals surface area contributed by atoms with E-state index in [1.165, 1.54) is 9.80 Å². The molecule has 0 aliphatic carbocycles. The van der Waals surface area contributed by atoms with E-state index in [9.17, 15) is 9.59 Å². The summed E-state index contributed by atoms with van der Waals surface area (Å²) in [4.78, 5) is 27.3. The van der Waals surface area contributed by atoms with E-state index in [0.29, 0.717) is 24.4 Å². The monoisotopic (exact) mass is 357 g/mol. The summed E-state index contributed by atoms with van der Waals surface area (Å²) in [6.07, 6.45) is 0. The summed E-state index contributed by atoms with van der Waals surface area (Å²) in [6, 6.07) is 5.04. The Kier molecular flexibility index (Phi) is 6.64. The zero-order chi connectivity index (χ0) is 16.0. The summed E-state index contributed by atoms with van der Waals surface area (Å²) in [5.41, 5.74) is 6.62. The van der Waals surface area contributed by atoms with Gasteiger partial charge in [-0.2, -0.15) is 0 Å². The third-order valence-corrected chi connectivity index (χ3v) is 3.41. The molecule has 0 saturated carbocycles. The Morgan fingerprint density at radius 2 is 2.00 bits per heavy atom. The van der Waals surface area contributed by atoms with Gasteiger partial charge in [-0.3, -0.25) is 9.59 Å². The largest absolute Gasteiger partial charge is 0.398 e. The van der Waals surface area contributed by atoms with Gasteiger partial charge in [-0.05, 0) is 18.2 Å². The van der Waals surface area contributed by atoms with Crippen LogP contribution in [0.1, 0.15) is 10.4 Å². The minimum Gasteiger partial charge on any atom is -0.398 e. The van der Waals surface area contributed by atoms with Crippen molar-refractivity contribution in [1.29, 1.82) is 0 Å². The predicted molar refractivity (Wildman–Crippen MR) is 85.0 cm³/mol. The number of nitrogen functional groups attached to an aromatic ring is 1. The van der Waals surface area contributed by atoms with Gasteiger partial charge < -0.3 is 20.3 Å². The van der Waals surface area contributed by atoms with Crippen molar-refractivity contribution in [3.05, 3.63) is 28.2 Å². The zero-order valence-electron chi connectivity index (χ0n) is 12.4. The molecule has 0 radical (unpaired) electrons. The summed E-state index contributed by atoms with van der Waals surface area (Å²) in [5, 5.41) is 0. The molecule has 0 bridgehead atoms. The van der Waals surface area contributed by atoms with Crippen LogP contribution in [0, 0.1) is 0 Å². The molecule has 2 N–H and O–H groups in total. The summed E-state index contributed by atoms with van der Waals surface area (Å²) < 4.78 is 5.79. The van der Waals surface area contributed by atoms with Crippen molar-refractivity contribution in [1.82, 2.24) is 9.80 Å². The van der Waals surface area contributed by atoms with Crippen molar-refractivity contribution in [3.63, 3.8) is 0 Å². The van der Waals surface area contributed by atoms with Crippen LogP contribution in [0.3, 0.4) is 0 Å². The lowest BCUT2D eigenvalue weighted by Gasteiger charge is -2.24. The highest BCUT2D eigenvalue weighted by molar-refractivity contribution is 9.10. The van der Waals surface area contributed by atoms with Gasteiger partial charge in [-0.25, -0.2) is 0 Å². The maximum atomic E-state index is 12.5. The number of benzene rings is 1. The molecule has 2 amide bonds. The minimum atomic E-state index is -0.285. The number of carbonyl (C=O) groups is 2. The number of nitrogens with zero attached hydrogens (tertiary/aromatic N) is 2. The molecule has 7 heteroatoms. The number of likely N-dealkylation sites (N-methyl/N-ethyl adjacent to an activating group) is 1. The molecule has 116 valence electrons. The number of anilines is 1. The normalized spacial score (nSPS) is 10.3. The molecule has 0 aromatic heterocycles. The van der Waals surface area contributed by atoms with Gasteiger partial charge in [0.2, 0.25) is 5.91 Å². The van der Waals surface area contributed by atoms with Crippen LogP contribution in [0.15, 0.2) is 22.7 Å². The molecule has 1 aromatic carbocycles. The van der Waals surface area contributed by atoms with Gasteiger partial charge in [0, 0.05) is 37.9 Å². The van der Waals surface area contributed by atoms with E-state index in [0.717, 1.165) is 4.47 Å². The van der Waals surface area contributed by atoms with Gasteiger partial charge in [0.1, 0.15) is 6.54 Å². The molecular weight excluding hydrogens is 338 g/mol. The smallest absolute Gasteiger partial charge is 0.256 e. The molecule has 1 rings (SSSR count). The zero-order valence-corrected chi connectivity index (χ0v) is 14.0. The molecular formula is C14H20BrN3O3. The molecule has 0 aliphatic rings. The van der Waals surface area contributed by atoms with E-state index in [1.807, 2.05) is 0 Å². The van der Waals surface area contributed by atoms with Gasteiger partial charge in [0.25, 0.3) is 5.91 Å². The molecule has 21 heavy (non-hydrogen) atoms. The lowest BCUT2D eigenvalue weighted by molar-refractivity contribution is -0.129. The van der Waals surface area contributed by atoms with Crippen molar-refractivity contribution >= 4 is 33.4 Å². The van der Waals surface area contributed by atoms with Crippen LogP contribution in [0.25, 0.3) is 0 Å². The molecule has 1 aromatic rings. The van der Waals surface area contributed by atoms with Crippen LogP contribution < -0.4 is 5.73 Å². The fraction of sp³-hybridized carbons (Fsp3) is 0.429. The topological polar surface area (TPSA) is 75.9 Å². The van der Waals surface area contributed by atoms with E-state index >= 15 is 0 Å². The number of halogens is 1. The van der Waals surface area contributed by atoms with Crippen LogP contribution in [-0.2, 0) is 9.53 Å². The van der Waals surface area contributed by atoms with Gasteiger partial charge in [-0.15, -0.1) is 0 Å². The Hall–Kier alpha value is -1.60. The number of hydrogen-bond acceptors (Lipinski definition) is 4. The Labute approximate surface area is 133 Å². The molecule has 0 spiro atoms. The first-order valence-corrected chi connectivity index (χ1v) is 7.19. The Balaban J connectivity index is 2.95. The van der Waals surface area contributed by atoms with Crippen LogP contribution in [-0.4, -0.2) is 62.5 Å². The number of amides is 2. The highest BCUT2D eigenvalue weighted by atomic mass is 79.9. The van der Waals surface area contributed by atoms with E-state index in [-0.39, 0.29) is 18.4 Å². The predicted octanol–water partition coefficient (Wildman–Crippen LogP) is 1.21. The van der Waals surface area contributed by atoms with E-state index in [2.05, 4.69) is 15.9 Å². The standard InChI is InChI=1S/C14H20BrN3O3/c1-17(2)13(19)9-18(6-7-21-3)14(20)11-5-4-10(15)8-12(11)16/h4-5,8H,6-7,9,16H2,1-3H3. The number of rotatable bonds is 6. The average Bonchev–Trinajstić information content (AvgIpc) is 2.42. The number of hydrogen-bond donors (Lipinski definition) is 1. The maximum Gasteiger partial charge on any atom is 0.256 e. The highest BCUT2D eigenvalue weighted by Gasteiger charge is 2.21. The van der Waals surface area contributed by atoms with Crippen molar-refractivity contribution in [2.45, 2.75) is 0 Å². The van der Waals surface area contributed by atoms with Crippen LogP contribution in [0.2, 0.25) is 0 Å². The third kappa shape index (κ3) is 5.02. The van der Waals surface area contributed by atoms with Crippen LogP contribution >= 0.6 is 15.9 Å². The third-order valence-electron chi connectivity index (χ3n) is 2.92. The van der Waals surface area contributed by atoms with E-state index < -0.39 is 0 Å². The molecule has 0 atom stereocenters. The summed E-state index contributed by atoms with van der Waals surface area (Å²) in [6.45, 7) is 0.665. The molecule has 0 fully saturated rings.